The number of piperidine rings is 1. The Morgan fingerprint density at radius 1 is 1.28 bits per heavy atom. The molecule has 0 saturated carbocycles. The lowest BCUT2D eigenvalue weighted by Gasteiger charge is -2.39. The zero-order valence-corrected chi connectivity index (χ0v) is 14.7. The van der Waals surface area contributed by atoms with E-state index in [1.807, 2.05) is 31.2 Å². The van der Waals surface area contributed by atoms with Gasteiger partial charge in [-0.2, -0.15) is 0 Å². The van der Waals surface area contributed by atoms with Crippen molar-refractivity contribution in [2.45, 2.75) is 44.4 Å². The van der Waals surface area contributed by atoms with E-state index in [9.17, 15) is 0 Å². The van der Waals surface area contributed by atoms with Crippen molar-refractivity contribution in [2.75, 3.05) is 19.7 Å². The summed E-state index contributed by atoms with van der Waals surface area (Å²) in [5.74, 6) is 0.685. The molecule has 5 heteroatoms. The summed E-state index contributed by atoms with van der Waals surface area (Å²) in [5.41, 5.74) is 2.13. The summed E-state index contributed by atoms with van der Waals surface area (Å²) in [6, 6.07) is 12.0. The van der Waals surface area contributed by atoms with Crippen LogP contribution in [0.15, 0.2) is 42.6 Å². The van der Waals surface area contributed by atoms with Gasteiger partial charge in [0.2, 0.25) is 5.88 Å². The number of nitrogens with zero attached hydrogens (tertiary/aromatic N) is 3. The highest BCUT2D eigenvalue weighted by Gasteiger charge is 2.44. The van der Waals surface area contributed by atoms with Gasteiger partial charge in [0.25, 0.3) is 0 Å². The lowest BCUT2D eigenvalue weighted by molar-refractivity contribution is -0.0540. The number of rotatable bonds is 4. The van der Waals surface area contributed by atoms with Crippen molar-refractivity contribution in [2.24, 2.45) is 0 Å². The van der Waals surface area contributed by atoms with Crippen LogP contribution in [0.4, 0.5) is 0 Å². The van der Waals surface area contributed by atoms with Crippen molar-refractivity contribution < 1.29 is 9.47 Å². The van der Waals surface area contributed by atoms with Crippen LogP contribution in [0.25, 0.3) is 0 Å². The average molecular weight is 339 g/mol. The fraction of sp³-hybridized carbons (Fsp3) is 0.500. The third-order valence-corrected chi connectivity index (χ3v) is 5.05. The van der Waals surface area contributed by atoms with Gasteiger partial charge in [0.15, 0.2) is 0 Å². The van der Waals surface area contributed by atoms with E-state index in [4.69, 9.17) is 9.47 Å². The summed E-state index contributed by atoms with van der Waals surface area (Å²) in [7, 11) is 0. The van der Waals surface area contributed by atoms with Gasteiger partial charge in [-0.05, 0) is 44.5 Å². The number of ether oxygens (including phenoxy) is 2. The smallest absolute Gasteiger partial charge is 0.213 e. The topological polar surface area (TPSA) is 47.5 Å². The fourth-order valence-corrected chi connectivity index (χ4v) is 3.99. The van der Waals surface area contributed by atoms with Crippen LogP contribution in [0.2, 0.25) is 0 Å². The zero-order chi connectivity index (χ0) is 17.1. The Balaban J connectivity index is 1.37. The first-order chi connectivity index (χ1) is 12.2. The third kappa shape index (κ3) is 3.99. The highest BCUT2D eigenvalue weighted by atomic mass is 16.6. The zero-order valence-electron chi connectivity index (χ0n) is 14.7. The molecule has 0 aliphatic carbocycles. The molecule has 2 aliphatic rings. The highest BCUT2D eigenvalue weighted by molar-refractivity contribution is 5.12. The summed E-state index contributed by atoms with van der Waals surface area (Å²) < 4.78 is 12.2. The summed E-state index contributed by atoms with van der Waals surface area (Å²) in [6.07, 6.45) is 5.04. The lowest BCUT2D eigenvalue weighted by Crippen LogP contribution is -2.47. The number of likely N-dealkylation sites (tertiary alicyclic amines) is 1. The van der Waals surface area contributed by atoms with E-state index in [1.54, 1.807) is 6.20 Å². The molecule has 25 heavy (non-hydrogen) atoms. The Morgan fingerprint density at radius 2 is 2.24 bits per heavy atom. The van der Waals surface area contributed by atoms with Gasteiger partial charge in [-0.3, -0.25) is 9.88 Å². The molecule has 132 valence electrons. The van der Waals surface area contributed by atoms with Gasteiger partial charge in [-0.15, -0.1) is 0 Å². The molecule has 0 unspecified atom stereocenters. The van der Waals surface area contributed by atoms with E-state index < -0.39 is 0 Å². The summed E-state index contributed by atoms with van der Waals surface area (Å²) in [5, 5.41) is 0. The van der Waals surface area contributed by atoms with E-state index >= 15 is 0 Å². The van der Waals surface area contributed by atoms with Gasteiger partial charge in [0.1, 0.15) is 6.10 Å². The standard InChI is InChI=1S/C20H25N3O2/c1-16-6-4-7-17(22-16)13-23-11-5-9-20(15-23)12-18(14-24-20)25-19-8-2-3-10-21-19/h2-4,6-8,10,18H,5,9,11-15H2,1H3/t18-,20+/m1/s1. The molecule has 4 rings (SSSR count). The molecule has 2 fully saturated rings. The molecule has 2 aromatic rings. The molecule has 4 heterocycles. The molecule has 2 aliphatic heterocycles. The summed E-state index contributed by atoms with van der Waals surface area (Å²) in [6.45, 7) is 5.63. The quantitative estimate of drug-likeness (QED) is 0.857. The Kier molecular flexibility index (Phi) is 4.68. The van der Waals surface area contributed by atoms with Crippen molar-refractivity contribution in [3.8, 4) is 5.88 Å². The second-order valence-corrected chi connectivity index (χ2v) is 7.19. The van der Waals surface area contributed by atoms with Gasteiger partial charge < -0.3 is 9.47 Å². The fourth-order valence-electron chi connectivity index (χ4n) is 3.99. The predicted octanol–water partition coefficient (Wildman–Crippen LogP) is 2.99. The number of hydrogen-bond acceptors (Lipinski definition) is 5. The normalized spacial score (nSPS) is 26.8. The molecule has 0 bridgehead atoms. The van der Waals surface area contributed by atoms with Crippen LogP contribution >= 0.6 is 0 Å². The molecule has 2 aromatic heterocycles. The number of aryl methyl sites for hydroxylation is 1. The van der Waals surface area contributed by atoms with E-state index in [1.165, 1.54) is 0 Å². The van der Waals surface area contributed by atoms with Gasteiger partial charge >= 0.3 is 0 Å². The maximum Gasteiger partial charge on any atom is 0.213 e. The average Bonchev–Trinajstić information content (AvgIpc) is 2.97. The first-order valence-electron chi connectivity index (χ1n) is 9.07. The Hall–Kier alpha value is -1.98. The van der Waals surface area contributed by atoms with E-state index in [-0.39, 0.29) is 11.7 Å². The van der Waals surface area contributed by atoms with Crippen molar-refractivity contribution >= 4 is 0 Å². The Morgan fingerprint density at radius 3 is 3.08 bits per heavy atom. The van der Waals surface area contributed by atoms with Gasteiger partial charge in [0, 0.05) is 37.5 Å². The van der Waals surface area contributed by atoms with E-state index in [0.29, 0.717) is 12.5 Å². The second kappa shape index (κ2) is 7.10. The highest BCUT2D eigenvalue weighted by Crippen LogP contribution is 2.36. The minimum Gasteiger partial charge on any atom is -0.472 e. The molecule has 0 aromatic carbocycles. The predicted molar refractivity (Wildman–Crippen MR) is 95.4 cm³/mol. The Bertz CT molecular complexity index is 709. The molecule has 1 spiro atoms. The molecule has 0 N–H and O–H groups in total. The van der Waals surface area contributed by atoms with Crippen LogP contribution in [0.1, 0.15) is 30.7 Å². The van der Waals surface area contributed by atoms with E-state index in [0.717, 1.165) is 50.3 Å². The molecule has 5 nitrogen and oxygen atoms in total. The van der Waals surface area contributed by atoms with Crippen LogP contribution in [0, 0.1) is 6.92 Å². The van der Waals surface area contributed by atoms with Crippen LogP contribution in [0.3, 0.4) is 0 Å². The number of aromatic nitrogens is 2. The molecular weight excluding hydrogens is 314 g/mol. The van der Waals surface area contributed by atoms with Crippen molar-refractivity contribution in [1.82, 2.24) is 14.9 Å². The maximum atomic E-state index is 6.24. The van der Waals surface area contributed by atoms with E-state index in [2.05, 4.69) is 27.0 Å². The first-order valence-corrected chi connectivity index (χ1v) is 9.07. The molecule has 2 atom stereocenters. The summed E-state index contributed by atoms with van der Waals surface area (Å²) >= 11 is 0. The summed E-state index contributed by atoms with van der Waals surface area (Å²) in [4.78, 5) is 11.4. The largest absolute Gasteiger partial charge is 0.472 e. The van der Waals surface area contributed by atoms with Crippen LogP contribution in [-0.2, 0) is 11.3 Å². The van der Waals surface area contributed by atoms with Crippen LogP contribution in [0.5, 0.6) is 5.88 Å². The van der Waals surface area contributed by atoms with Crippen LogP contribution in [-0.4, -0.2) is 46.3 Å². The lowest BCUT2D eigenvalue weighted by atomic mass is 9.89. The first kappa shape index (κ1) is 16.5. The van der Waals surface area contributed by atoms with Crippen LogP contribution < -0.4 is 4.74 Å². The minimum absolute atomic E-state index is 0.0818. The minimum atomic E-state index is -0.0818. The van der Waals surface area contributed by atoms with Gasteiger partial charge in [0.05, 0.1) is 17.9 Å². The molecule has 0 amide bonds. The molecule has 2 saturated heterocycles. The second-order valence-electron chi connectivity index (χ2n) is 7.19. The number of hydrogen-bond donors (Lipinski definition) is 0. The third-order valence-electron chi connectivity index (χ3n) is 5.05. The molecule has 0 radical (unpaired) electrons. The van der Waals surface area contributed by atoms with Crippen molar-refractivity contribution in [3.05, 3.63) is 54.0 Å². The SMILES string of the molecule is Cc1cccc(CN2CCC[C@]3(C[C@@H](Oc4ccccn4)CO3)C2)n1. The maximum absolute atomic E-state index is 6.24. The monoisotopic (exact) mass is 339 g/mol. The molecular formula is C20H25N3O2. The Labute approximate surface area is 149 Å². The number of pyridine rings is 2. The van der Waals surface area contributed by atoms with Crippen molar-refractivity contribution in [3.63, 3.8) is 0 Å². The van der Waals surface area contributed by atoms with Gasteiger partial charge in [-0.1, -0.05) is 12.1 Å². The van der Waals surface area contributed by atoms with Gasteiger partial charge in [-0.25, -0.2) is 4.98 Å². The van der Waals surface area contributed by atoms with Crippen molar-refractivity contribution in [1.29, 1.82) is 0 Å².